The Morgan fingerprint density at radius 2 is 1.58 bits per heavy atom. The minimum absolute atomic E-state index is 0.0755. The number of anilines is 1. The molecule has 0 aliphatic heterocycles. The highest BCUT2D eigenvalue weighted by molar-refractivity contribution is 5.92. The molecule has 0 radical (unpaired) electrons. The largest absolute Gasteiger partial charge is 0.497 e. The van der Waals surface area contributed by atoms with Crippen molar-refractivity contribution in [3.8, 4) is 17.2 Å². The second kappa shape index (κ2) is 10.3. The molecule has 2 rings (SSSR count). The lowest BCUT2D eigenvalue weighted by Gasteiger charge is -2.12. The molecule has 0 saturated carbocycles. The van der Waals surface area contributed by atoms with E-state index in [2.05, 4.69) is 10.6 Å². The third kappa shape index (κ3) is 5.97. The summed E-state index contributed by atoms with van der Waals surface area (Å²) in [5, 5.41) is 6.14. The molecular weight excluding hydrogens is 332 g/mol. The van der Waals surface area contributed by atoms with Crippen molar-refractivity contribution in [2.24, 2.45) is 0 Å². The number of rotatable bonds is 10. The Bertz CT molecular complexity index is 701. The number of nitrogens with one attached hydrogen (secondary N) is 2. The third-order valence-corrected chi connectivity index (χ3v) is 3.96. The first-order valence-electron chi connectivity index (χ1n) is 8.51. The van der Waals surface area contributed by atoms with E-state index in [4.69, 9.17) is 14.2 Å². The van der Waals surface area contributed by atoms with Crippen molar-refractivity contribution < 1.29 is 19.0 Å². The molecule has 1 amide bonds. The Balaban J connectivity index is 1.71. The quantitative estimate of drug-likeness (QED) is 0.639. The van der Waals surface area contributed by atoms with Gasteiger partial charge >= 0.3 is 0 Å². The van der Waals surface area contributed by atoms with E-state index in [1.807, 2.05) is 24.3 Å². The van der Waals surface area contributed by atoms with Crippen molar-refractivity contribution in [2.45, 2.75) is 12.8 Å². The maximum absolute atomic E-state index is 12.1. The van der Waals surface area contributed by atoms with Crippen LogP contribution in [0.25, 0.3) is 0 Å². The number of hydrogen-bond acceptors (Lipinski definition) is 5. The second-order valence-corrected chi connectivity index (χ2v) is 5.71. The molecule has 2 aromatic carbocycles. The molecule has 0 saturated heterocycles. The first-order chi connectivity index (χ1) is 12.7. The lowest BCUT2D eigenvalue weighted by molar-refractivity contribution is -0.116. The summed E-state index contributed by atoms with van der Waals surface area (Å²) in [5.41, 5.74) is 1.83. The highest BCUT2D eigenvalue weighted by Gasteiger charge is 2.09. The van der Waals surface area contributed by atoms with Gasteiger partial charge in [0.05, 0.1) is 27.0 Å². The van der Waals surface area contributed by atoms with Gasteiger partial charge in [0.1, 0.15) is 17.2 Å². The van der Waals surface area contributed by atoms with Crippen LogP contribution in [0.1, 0.15) is 12.0 Å². The first kappa shape index (κ1) is 19.6. The minimum atomic E-state index is -0.0755. The smallest absolute Gasteiger partial charge is 0.225 e. The van der Waals surface area contributed by atoms with Gasteiger partial charge in [-0.3, -0.25) is 4.79 Å². The van der Waals surface area contributed by atoms with Gasteiger partial charge in [-0.1, -0.05) is 12.1 Å². The van der Waals surface area contributed by atoms with Crippen LogP contribution in [0.2, 0.25) is 0 Å². The molecule has 0 unspecified atom stereocenters. The third-order valence-electron chi connectivity index (χ3n) is 3.96. The van der Waals surface area contributed by atoms with Gasteiger partial charge < -0.3 is 24.8 Å². The highest BCUT2D eigenvalue weighted by Crippen LogP contribution is 2.28. The fraction of sp³-hybridized carbons (Fsp3) is 0.350. The summed E-state index contributed by atoms with van der Waals surface area (Å²) in [6.07, 6.45) is 1.28. The Morgan fingerprint density at radius 3 is 2.23 bits per heavy atom. The van der Waals surface area contributed by atoms with E-state index in [0.717, 1.165) is 18.7 Å². The molecule has 0 aromatic heterocycles. The van der Waals surface area contributed by atoms with Crippen LogP contribution in [-0.4, -0.2) is 40.3 Å². The van der Waals surface area contributed by atoms with Gasteiger partial charge in [-0.05, 0) is 42.8 Å². The summed E-state index contributed by atoms with van der Waals surface area (Å²) >= 11 is 0. The predicted octanol–water partition coefficient (Wildman–Crippen LogP) is 2.87. The first-order valence-corrected chi connectivity index (χ1v) is 8.51. The molecule has 0 aliphatic rings. The van der Waals surface area contributed by atoms with Crippen molar-refractivity contribution in [1.82, 2.24) is 5.32 Å². The Kier molecular flexibility index (Phi) is 7.76. The molecule has 26 heavy (non-hydrogen) atoms. The number of ether oxygens (including phenoxy) is 3. The monoisotopic (exact) mass is 358 g/mol. The number of hydrogen-bond donors (Lipinski definition) is 2. The molecule has 6 nitrogen and oxygen atoms in total. The maximum atomic E-state index is 12.1. The number of carbonyl (C=O) groups excluding carboxylic acids is 1. The van der Waals surface area contributed by atoms with Gasteiger partial charge in [0.25, 0.3) is 0 Å². The van der Waals surface area contributed by atoms with Crippen molar-refractivity contribution in [3.05, 3.63) is 48.0 Å². The molecule has 140 valence electrons. The second-order valence-electron chi connectivity index (χ2n) is 5.71. The lowest BCUT2D eigenvalue weighted by atomic mass is 10.1. The average molecular weight is 358 g/mol. The van der Waals surface area contributed by atoms with Crippen molar-refractivity contribution in [3.63, 3.8) is 0 Å². The van der Waals surface area contributed by atoms with Crippen molar-refractivity contribution in [2.75, 3.05) is 39.7 Å². The SMILES string of the molecule is COc1ccc(CCNCCC(=O)Nc2cc(OC)ccc2OC)cc1. The molecule has 0 heterocycles. The van der Waals surface area contributed by atoms with Crippen molar-refractivity contribution in [1.29, 1.82) is 0 Å². The zero-order valence-electron chi connectivity index (χ0n) is 15.5. The number of methoxy groups -OCH3 is 3. The fourth-order valence-corrected chi connectivity index (χ4v) is 2.48. The topological polar surface area (TPSA) is 68.8 Å². The van der Waals surface area contributed by atoms with Crippen LogP contribution >= 0.6 is 0 Å². The molecular formula is C20H26N2O4. The van der Waals surface area contributed by atoms with Gasteiger partial charge in [-0.2, -0.15) is 0 Å². The molecule has 2 aromatic rings. The predicted molar refractivity (Wildman–Crippen MR) is 102 cm³/mol. The molecule has 0 bridgehead atoms. The summed E-state index contributed by atoms with van der Waals surface area (Å²) in [4.78, 5) is 12.1. The molecule has 0 atom stereocenters. The Morgan fingerprint density at radius 1 is 0.885 bits per heavy atom. The zero-order chi connectivity index (χ0) is 18.8. The summed E-state index contributed by atoms with van der Waals surface area (Å²) in [6.45, 7) is 1.41. The number of carbonyl (C=O) groups is 1. The Labute approximate surface area is 154 Å². The van der Waals surface area contributed by atoms with Crippen LogP contribution in [0.4, 0.5) is 5.69 Å². The van der Waals surface area contributed by atoms with Crippen molar-refractivity contribution >= 4 is 11.6 Å². The summed E-state index contributed by atoms with van der Waals surface area (Å²) < 4.78 is 15.6. The normalized spacial score (nSPS) is 10.3. The molecule has 0 fully saturated rings. The van der Waals surface area contributed by atoms with Gasteiger partial charge in [-0.15, -0.1) is 0 Å². The van der Waals surface area contributed by atoms with Crippen LogP contribution in [0.15, 0.2) is 42.5 Å². The fourth-order valence-electron chi connectivity index (χ4n) is 2.48. The van der Waals surface area contributed by atoms with Gasteiger partial charge in [0, 0.05) is 19.0 Å². The molecule has 2 N–H and O–H groups in total. The van der Waals surface area contributed by atoms with Gasteiger partial charge in [-0.25, -0.2) is 0 Å². The van der Waals surface area contributed by atoms with Crippen LogP contribution in [0.3, 0.4) is 0 Å². The Hall–Kier alpha value is -2.73. The average Bonchev–Trinajstić information content (AvgIpc) is 2.68. The maximum Gasteiger partial charge on any atom is 0.225 e. The minimum Gasteiger partial charge on any atom is -0.497 e. The number of benzene rings is 2. The zero-order valence-corrected chi connectivity index (χ0v) is 15.5. The van der Waals surface area contributed by atoms with Crippen LogP contribution in [0, 0.1) is 0 Å². The molecule has 6 heteroatoms. The van der Waals surface area contributed by atoms with Crippen LogP contribution < -0.4 is 24.8 Å². The number of amides is 1. The van der Waals surface area contributed by atoms with E-state index in [-0.39, 0.29) is 5.91 Å². The lowest BCUT2D eigenvalue weighted by Crippen LogP contribution is -2.23. The summed E-state index contributed by atoms with van der Waals surface area (Å²) in [5.74, 6) is 2.05. The van der Waals surface area contributed by atoms with Crippen LogP contribution in [-0.2, 0) is 11.2 Å². The van der Waals surface area contributed by atoms with E-state index in [1.165, 1.54) is 5.56 Å². The molecule has 0 spiro atoms. The standard InChI is InChI=1S/C20H26N2O4/c1-24-16-6-4-15(5-7-16)10-12-21-13-11-20(23)22-18-14-17(25-2)8-9-19(18)26-3/h4-9,14,21H,10-13H2,1-3H3,(H,22,23). The highest BCUT2D eigenvalue weighted by atomic mass is 16.5. The van der Waals surface area contributed by atoms with Gasteiger partial charge in [0.15, 0.2) is 0 Å². The van der Waals surface area contributed by atoms with E-state index in [9.17, 15) is 4.79 Å². The van der Waals surface area contributed by atoms with E-state index < -0.39 is 0 Å². The molecule has 0 aliphatic carbocycles. The summed E-state index contributed by atoms with van der Waals surface area (Å²) in [6, 6.07) is 13.3. The van der Waals surface area contributed by atoms with E-state index >= 15 is 0 Å². The van der Waals surface area contributed by atoms with E-state index in [1.54, 1.807) is 39.5 Å². The van der Waals surface area contributed by atoms with Gasteiger partial charge in [0.2, 0.25) is 5.91 Å². The van der Waals surface area contributed by atoms with E-state index in [0.29, 0.717) is 30.2 Å². The summed E-state index contributed by atoms with van der Waals surface area (Å²) in [7, 11) is 4.81. The van der Waals surface area contributed by atoms with Crippen LogP contribution in [0.5, 0.6) is 17.2 Å².